The molecule has 0 bridgehead atoms. The Labute approximate surface area is 144 Å². The van der Waals surface area contributed by atoms with Gasteiger partial charge in [-0.3, -0.25) is 0 Å². The van der Waals surface area contributed by atoms with E-state index in [0.29, 0.717) is 0 Å². The van der Waals surface area contributed by atoms with Gasteiger partial charge in [-0.05, 0) is 62.7 Å². The highest BCUT2D eigenvalue weighted by Gasteiger charge is 2.11. The first kappa shape index (κ1) is 16.1. The van der Waals surface area contributed by atoms with Crippen molar-refractivity contribution in [3.63, 3.8) is 0 Å². The molecular formula is C23H23N. The molecule has 0 aromatic heterocycles. The van der Waals surface area contributed by atoms with Crippen LogP contribution >= 0.6 is 0 Å². The smallest absolute Gasteiger partial charge is 0.0462 e. The minimum Gasteiger partial charge on any atom is -0.311 e. The Morgan fingerprint density at radius 3 is 1.33 bits per heavy atom. The third kappa shape index (κ3) is 3.57. The van der Waals surface area contributed by atoms with Crippen LogP contribution < -0.4 is 4.90 Å². The summed E-state index contributed by atoms with van der Waals surface area (Å²) in [6, 6.07) is 26.0. The largest absolute Gasteiger partial charge is 0.311 e. The van der Waals surface area contributed by atoms with Gasteiger partial charge in [-0.15, -0.1) is 0 Å². The van der Waals surface area contributed by atoms with Gasteiger partial charge >= 0.3 is 0 Å². The van der Waals surface area contributed by atoms with Crippen molar-refractivity contribution in [2.75, 3.05) is 4.90 Å². The van der Waals surface area contributed by atoms with E-state index < -0.39 is 0 Å². The summed E-state index contributed by atoms with van der Waals surface area (Å²) in [5, 5.41) is 0. The van der Waals surface area contributed by atoms with E-state index >= 15 is 0 Å². The number of anilines is 3. The van der Waals surface area contributed by atoms with Crippen LogP contribution in [0.3, 0.4) is 0 Å². The van der Waals surface area contributed by atoms with Crippen molar-refractivity contribution >= 4 is 23.1 Å². The summed E-state index contributed by atoms with van der Waals surface area (Å²) < 4.78 is 0. The van der Waals surface area contributed by atoms with Crippen LogP contribution in [0, 0.1) is 13.8 Å². The Bertz CT molecular complexity index is 764. The molecule has 3 aromatic carbocycles. The van der Waals surface area contributed by atoms with Crippen LogP contribution in [-0.2, 0) is 0 Å². The maximum atomic E-state index is 2.29. The van der Waals surface area contributed by atoms with E-state index in [1.165, 1.54) is 28.1 Å². The summed E-state index contributed by atoms with van der Waals surface area (Å²) in [5.41, 5.74) is 7.26. The average Bonchev–Trinajstić information content (AvgIpc) is 2.60. The SMILES string of the molecule is C/C=C/c1ccc(N(c2ccc(C)cc2)c2ccc(C)cc2)cc1. The zero-order valence-electron chi connectivity index (χ0n) is 14.5. The Hall–Kier alpha value is -2.80. The molecule has 0 fully saturated rings. The topological polar surface area (TPSA) is 3.24 Å². The van der Waals surface area contributed by atoms with Gasteiger partial charge in [0.15, 0.2) is 0 Å². The van der Waals surface area contributed by atoms with Crippen molar-refractivity contribution in [2.45, 2.75) is 20.8 Å². The molecule has 0 heterocycles. The molecule has 0 radical (unpaired) electrons. The fourth-order valence-electron chi connectivity index (χ4n) is 2.76. The lowest BCUT2D eigenvalue weighted by molar-refractivity contribution is 1.27. The molecule has 0 unspecified atom stereocenters. The predicted molar refractivity (Wildman–Crippen MR) is 105 cm³/mol. The molecule has 3 rings (SSSR count). The summed E-state index contributed by atoms with van der Waals surface area (Å²) in [4.78, 5) is 2.29. The van der Waals surface area contributed by atoms with Crippen LogP contribution in [0.2, 0.25) is 0 Å². The van der Waals surface area contributed by atoms with Gasteiger partial charge in [0.25, 0.3) is 0 Å². The molecule has 120 valence electrons. The van der Waals surface area contributed by atoms with Gasteiger partial charge in [0.05, 0.1) is 0 Å². The second-order valence-electron chi connectivity index (χ2n) is 6.10. The normalized spacial score (nSPS) is 11.0. The lowest BCUT2D eigenvalue weighted by Crippen LogP contribution is -2.09. The molecule has 0 atom stereocenters. The summed E-state index contributed by atoms with van der Waals surface area (Å²) in [6.07, 6.45) is 4.18. The van der Waals surface area contributed by atoms with E-state index in [9.17, 15) is 0 Å². The lowest BCUT2D eigenvalue weighted by atomic mass is 10.1. The Morgan fingerprint density at radius 1 is 0.583 bits per heavy atom. The number of nitrogens with zero attached hydrogens (tertiary/aromatic N) is 1. The van der Waals surface area contributed by atoms with Gasteiger partial charge in [-0.2, -0.15) is 0 Å². The molecule has 0 aliphatic carbocycles. The van der Waals surface area contributed by atoms with E-state index in [-0.39, 0.29) is 0 Å². The lowest BCUT2D eigenvalue weighted by Gasteiger charge is -2.25. The van der Waals surface area contributed by atoms with Crippen LogP contribution in [0.15, 0.2) is 78.9 Å². The van der Waals surface area contributed by atoms with Crippen LogP contribution in [-0.4, -0.2) is 0 Å². The van der Waals surface area contributed by atoms with Gasteiger partial charge in [-0.1, -0.05) is 59.7 Å². The van der Waals surface area contributed by atoms with Crippen molar-refractivity contribution in [1.29, 1.82) is 0 Å². The van der Waals surface area contributed by atoms with Gasteiger partial charge in [0.1, 0.15) is 0 Å². The second-order valence-corrected chi connectivity index (χ2v) is 6.10. The number of benzene rings is 3. The number of allylic oxidation sites excluding steroid dienone is 1. The first-order valence-electron chi connectivity index (χ1n) is 8.33. The molecule has 0 N–H and O–H groups in total. The third-order valence-electron chi connectivity index (χ3n) is 4.09. The van der Waals surface area contributed by atoms with Crippen LogP contribution in [0.25, 0.3) is 6.08 Å². The molecule has 1 heteroatoms. The summed E-state index contributed by atoms with van der Waals surface area (Å²) in [7, 11) is 0. The fraction of sp³-hybridized carbons (Fsp3) is 0.130. The zero-order valence-corrected chi connectivity index (χ0v) is 14.5. The summed E-state index contributed by atoms with van der Waals surface area (Å²) >= 11 is 0. The van der Waals surface area contributed by atoms with Gasteiger partial charge in [0.2, 0.25) is 0 Å². The van der Waals surface area contributed by atoms with E-state index in [0.717, 1.165) is 5.69 Å². The monoisotopic (exact) mass is 313 g/mol. The van der Waals surface area contributed by atoms with Gasteiger partial charge < -0.3 is 4.90 Å². The van der Waals surface area contributed by atoms with Gasteiger partial charge in [0, 0.05) is 17.1 Å². The first-order chi connectivity index (χ1) is 11.7. The zero-order chi connectivity index (χ0) is 16.9. The molecule has 3 aromatic rings. The average molecular weight is 313 g/mol. The molecule has 0 aliphatic heterocycles. The molecule has 1 nitrogen and oxygen atoms in total. The minimum absolute atomic E-state index is 1.16. The molecule has 0 aliphatic rings. The quantitative estimate of drug-likeness (QED) is 0.511. The van der Waals surface area contributed by atoms with E-state index in [2.05, 4.69) is 104 Å². The van der Waals surface area contributed by atoms with Crippen LogP contribution in [0.4, 0.5) is 17.1 Å². The van der Waals surface area contributed by atoms with Crippen LogP contribution in [0.1, 0.15) is 23.6 Å². The first-order valence-corrected chi connectivity index (χ1v) is 8.33. The Morgan fingerprint density at radius 2 is 0.958 bits per heavy atom. The second kappa shape index (κ2) is 7.18. The van der Waals surface area contributed by atoms with Gasteiger partial charge in [-0.25, -0.2) is 0 Å². The van der Waals surface area contributed by atoms with Crippen molar-refractivity contribution in [2.24, 2.45) is 0 Å². The Kier molecular flexibility index (Phi) is 4.81. The van der Waals surface area contributed by atoms with Crippen molar-refractivity contribution in [1.82, 2.24) is 0 Å². The van der Waals surface area contributed by atoms with E-state index in [4.69, 9.17) is 0 Å². The Balaban J connectivity index is 2.07. The number of aryl methyl sites for hydroxylation is 2. The number of hydrogen-bond acceptors (Lipinski definition) is 1. The molecule has 0 saturated carbocycles. The number of hydrogen-bond donors (Lipinski definition) is 0. The predicted octanol–water partition coefficient (Wildman–Crippen LogP) is 6.81. The van der Waals surface area contributed by atoms with Crippen molar-refractivity contribution in [3.8, 4) is 0 Å². The fourth-order valence-corrected chi connectivity index (χ4v) is 2.76. The molecule has 0 amide bonds. The van der Waals surface area contributed by atoms with E-state index in [1.807, 2.05) is 6.92 Å². The molecule has 24 heavy (non-hydrogen) atoms. The minimum atomic E-state index is 1.16. The van der Waals surface area contributed by atoms with Crippen molar-refractivity contribution < 1.29 is 0 Å². The third-order valence-corrected chi connectivity index (χ3v) is 4.09. The summed E-state index contributed by atoms with van der Waals surface area (Å²) in [5.74, 6) is 0. The summed E-state index contributed by atoms with van der Waals surface area (Å²) in [6.45, 7) is 6.27. The van der Waals surface area contributed by atoms with Crippen molar-refractivity contribution in [3.05, 3.63) is 95.6 Å². The molecule has 0 spiro atoms. The van der Waals surface area contributed by atoms with Crippen LogP contribution in [0.5, 0.6) is 0 Å². The molecular weight excluding hydrogens is 290 g/mol. The maximum Gasteiger partial charge on any atom is 0.0462 e. The maximum absolute atomic E-state index is 2.29. The standard InChI is InChI=1S/C23H23N/c1-4-5-20-10-16-23(17-11-20)24(21-12-6-18(2)7-13-21)22-14-8-19(3)9-15-22/h4-17H,1-3H3/b5-4+. The highest BCUT2D eigenvalue weighted by molar-refractivity contribution is 5.77. The molecule has 0 saturated heterocycles. The highest BCUT2D eigenvalue weighted by atomic mass is 15.1. The highest BCUT2D eigenvalue weighted by Crippen LogP contribution is 2.34. The van der Waals surface area contributed by atoms with E-state index in [1.54, 1.807) is 0 Å². The number of rotatable bonds is 4.